The summed E-state index contributed by atoms with van der Waals surface area (Å²) in [5.74, 6) is -1.29. The summed E-state index contributed by atoms with van der Waals surface area (Å²) in [6.07, 6.45) is 4.40. The van der Waals surface area contributed by atoms with Crippen LogP contribution in [0.4, 0.5) is 5.13 Å². The van der Waals surface area contributed by atoms with E-state index in [4.69, 9.17) is 18.9 Å². The minimum Gasteiger partial charge on any atom is -0.507 e. The van der Waals surface area contributed by atoms with E-state index < -0.39 is 23.7 Å². The molecule has 11 heteroatoms. The largest absolute Gasteiger partial charge is 0.507 e. The van der Waals surface area contributed by atoms with Crippen molar-refractivity contribution in [1.29, 1.82) is 0 Å². The van der Waals surface area contributed by atoms with E-state index in [1.807, 2.05) is 0 Å². The molecule has 3 aromatic rings. The topological polar surface area (TPSA) is 124 Å². The molecule has 1 fully saturated rings. The van der Waals surface area contributed by atoms with Gasteiger partial charge in [-0.1, -0.05) is 55.9 Å². The molecule has 10 nitrogen and oxygen atoms in total. The first-order chi connectivity index (χ1) is 20.8. The number of aliphatic hydroxyl groups is 1. The Labute approximate surface area is 253 Å². The maximum atomic E-state index is 13.7. The zero-order chi connectivity index (χ0) is 30.5. The van der Waals surface area contributed by atoms with Gasteiger partial charge >= 0.3 is 11.9 Å². The van der Waals surface area contributed by atoms with Crippen LogP contribution < -0.4 is 19.1 Å². The lowest BCUT2D eigenvalue weighted by molar-refractivity contribution is -0.132. The van der Waals surface area contributed by atoms with Crippen molar-refractivity contribution >= 4 is 39.9 Å². The Morgan fingerprint density at radius 3 is 2.72 bits per heavy atom. The Bertz CT molecular complexity index is 1590. The van der Waals surface area contributed by atoms with Crippen LogP contribution >= 0.6 is 11.3 Å². The fourth-order valence-corrected chi connectivity index (χ4v) is 5.87. The molecule has 0 unspecified atom stereocenters. The Morgan fingerprint density at radius 1 is 1.16 bits per heavy atom. The number of hydrogen-bond donors (Lipinski definition) is 1. The average Bonchev–Trinajstić information content (AvgIpc) is 3.53. The Balaban J connectivity index is 1.61. The van der Waals surface area contributed by atoms with Crippen molar-refractivity contribution in [2.24, 2.45) is 0 Å². The summed E-state index contributed by atoms with van der Waals surface area (Å²) in [6, 6.07) is 10.8. The number of ether oxygens (including phenoxy) is 4. The minimum atomic E-state index is -1.06. The number of benzene rings is 2. The first kappa shape index (κ1) is 29.8. The summed E-state index contributed by atoms with van der Waals surface area (Å²) in [4.78, 5) is 45.8. The highest BCUT2D eigenvalue weighted by molar-refractivity contribution is 7.17. The van der Waals surface area contributed by atoms with Gasteiger partial charge in [0.2, 0.25) is 0 Å². The summed E-state index contributed by atoms with van der Waals surface area (Å²) < 4.78 is 22.4. The van der Waals surface area contributed by atoms with Crippen LogP contribution in [0.15, 0.2) is 60.7 Å². The van der Waals surface area contributed by atoms with Crippen molar-refractivity contribution in [1.82, 2.24) is 4.98 Å². The maximum Gasteiger partial charge on any atom is 0.350 e. The SMILES string of the molecule is C=CCOC(=O)c1sc(N2C(=O)C(=O)C(=C(O)c3ccc4c(c3)OCCO4)[C@@H]2c2cccc(OCCCCC)c2)nc1C. The highest BCUT2D eigenvalue weighted by Crippen LogP contribution is 2.45. The third-order valence-electron chi connectivity index (χ3n) is 6.96. The summed E-state index contributed by atoms with van der Waals surface area (Å²) >= 11 is 0.932. The van der Waals surface area contributed by atoms with Gasteiger partial charge in [-0.15, -0.1) is 0 Å². The highest BCUT2D eigenvalue weighted by atomic mass is 32.1. The molecule has 2 aliphatic rings. The predicted octanol–water partition coefficient (Wildman–Crippen LogP) is 5.76. The monoisotopic (exact) mass is 604 g/mol. The van der Waals surface area contributed by atoms with Gasteiger partial charge in [0.05, 0.1) is 23.9 Å². The molecule has 1 amide bonds. The van der Waals surface area contributed by atoms with Gasteiger partial charge in [-0.2, -0.15) is 0 Å². The number of thiazole rings is 1. The van der Waals surface area contributed by atoms with Crippen molar-refractivity contribution in [3.05, 3.63) is 82.4 Å². The Hall–Kier alpha value is -4.64. The van der Waals surface area contributed by atoms with Crippen LogP contribution in [0.1, 0.15) is 58.7 Å². The first-order valence-electron chi connectivity index (χ1n) is 14.0. The van der Waals surface area contributed by atoms with E-state index in [0.717, 1.165) is 30.6 Å². The van der Waals surface area contributed by atoms with Crippen molar-refractivity contribution in [2.75, 3.05) is 31.3 Å². The molecule has 1 atom stereocenters. The number of carbonyl (C=O) groups is 3. The van der Waals surface area contributed by atoms with Gasteiger partial charge in [0.25, 0.3) is 5.78 Å². The van der Waals surface area contributed by atoms with Crippen molar-refractivity contribution < 1.29 is 38.4 Å². The average molecular weight is 605 g/mol. The number of nitrogens with zero attached hydrogens (tertiary/aromatic N) is 2. The molecule has 0 aliphatic carbocycles. The number of aliphatic hydroxyl groups excluding tert-OH is 1. The number of ketones is 1. The molecule has 5 rings (SSSR count). The molecule has 0 radical (unpaired) electrons. The van der Waals surface area contributed by atoms with E-state index in [-0.39, 0.29) is 33.5 Å². The lowest BCUT2D eigenvalue weighted by Crippen LogP contribution is -2.29. The maximum absolute atomic E-state index is 13.7. The van der Waals surface area contributed by atoms with Crippen LogP contribution in [0.3, 0.4) is 0 Å². The molecule has 0 bridgehead atoms. The van der Waals surface area contributed by atoms with Gasteiger partial charge in [-0.25, -0.2) is 9.78 Å². The lowest BCUT2D eigenvalue weighted by atomic mass is 9.95. The molecule has 1 aromatic heterocycles. The molecule has 0 spiro atoms. The van der Waals surface area contributed by atoms with Crippen molar-refractivity contribution in [3.8, 4) is 17.2 Å². The second kappa shape index (κ2) is 13.1. The molecule has 1 saturated heterocycles. The third kappa shape index (κ3) is 6.12. The molecular weight excluding hydrogens is 572 g/mol. The van der Waals surface area contributed by atoms with Crippen LogP contribution in [0.25, 0.3) is 5.76 Å². The number of amides is 1. The van der Waals surface area contributed by atoms with Gasteiger partial charge in [0.15, 0.2) is 16.6 Å². The van der Waals surface area contributed by atoms with Gasteiger partial charge in [0.1, 0.15) is 36.2 Å². The molecule has 224 valence electrons. The second-order valence-corrected chi connectivity index (χ2v) is 10.9. The summed E-state index contributed by atoms with van der Waals surface area (Å²) in [6.45, 7) is 8.54. The number of unbranched alkanes of at least 4 members (excludes halogenated alkanes) is 2. The summed E-state index contributed by atoms with van der Waals surface area (Å²) in [5.41, 5.74) is 1.01. The quantitative estimate of drug-likeness (QED) is 0.0726. The molecule has 2 aliphatic heterocycles. The van der Waals surface area contributed by atoms with Crippen LogP contribution in [0.5, 0.6) is 17.2 Å². The van der Waals surface area contributed by atoms with Gasteiger partial charge in [0, 0.05) is 5.56 Å². The number of anilines is 1. The number of hydrogen-bond acceptors (Lipinski definition) is 10. The normalized spacial score (nSPS) is 17.2. The summed E-state index contributed by atoms with van der Waals surface area (Å²) in [7, 11) is 0. The molecule has 0 saturated carbocycles. The predicted molar refractivity (Wildman–Crippen MR) is 161 cm³/mol. The standard InChI is InChI=1S/C32H32N2O8S/c1-4-6-7-14-39-22-10-8-9-20(17-22)26-25(27(35)21-11-12-23-24(18-21)41-16-15-40-23)28(36)30(37)34(26)32-33-19(3)29(43-32)31(38)42-13-5-2/h5,8-12,17-18,26,35H,2,4,6-7,13-16H2,1,3H3/t26-/m0/s1. The number of fused-ring (bicyclic) bond motifs is 1. The number of esters is 1. The molecule has 2 aromatic carbocycles. The number of carbonyl (C=O) groups excluding carboxylic acids is 3. The van der Waals surface area contributed by atoms with E-state index in [1.54, 1.807) is 49.4 Å². The zero-order valence-corrected chi connectivity index (χ0v) is 24.8. The van der Waals surface area contributed by atoms with Crippen LogP contribution in [0, 0.1) is 6.92 Å². The van der Waals surface area contributed by atoms with E-state index in [9.17, 15) is 19.5 Å². The molecular formula is C32H32N2O8S. The number of rotatable bonds is 11. The third-order valence-corrected chi connectivity index (χ3v) is 8.10. The second-order valence-electron chi connectivity index (χ2n) is 9.95. The Kier molecular flexibility index (Phi) is 9.10. The zero-order valence-electron chi connectivity index (χ0n) is 24.0. The van der Waals surface area contributed by atoms with E-state index in [2.05, 4.69) is 18.5 Å². The lowest BCUT2D eigenvalue weighted by Gasteiger charge is -2.24. The van der Waals surface area contributed by atoms with Crippen LogP contribution in [-0.2, 0) is 14.3 Å². The highest BCUT2D eigenvalue weighted by Gasteiger charge is 2.48. The fraction of sp³-hybridized carbons (Fsp3) is 0.312. The van der Waals surface area contributed by atoms with Gasteiger partial charge in [-0.05, 0) is 49.2 Å². The van der Waals surface area contributed by atoms with E-state index in [0.29, 0.717) is 48.3 Å². The van der Waals surface area contributed by atoms with E-state index >= 15 is 0 Å². The minimum absolute atomic E-state index is 0.0105. The number of Topliss-reactive ketones (excluding diaryl/α,β-unsaturated/α-hetero) is 1. The van der Waals surface area contributed by atoms with Crippen molar-refractivity contribution in [3.63, 3.8) is 0 Å². The van der Waals surface area contributed by atoms with Crippen LogP contribution in [-0.4, -0.2) is 54.2 Å². The van der Waals surface area contributed by atoms with Crippen molar-refractivity contribution in [2.45, 2.75) is 39.2 Å². The molecule has 43 heavy (non-hydrogen) atoms. The number of aryl methyl sites for hydroxylation is 1. The smallest absolute Gasteiger partial charge is 0.350 e. The fourth-order valence-electron chi connectivity index (χ4n) is 4.88. The Morgan fingerprint density at radius 2 is 1.95 bits per heavy atom. The molecule has 1 N–H and O–H groups in total. The first-order valence-corrected chi connectivity index (χ1v) is 14.8. The summed E-state index contributed by atoms with van der Waals surface area (Å²) in [5, 5.41) is 11.7. The van der Waals surface area contributed by atoms with Gasteiger partial charge in [-0.3, -0.25) is 14.5 Å². The van der Waals surface area contributed by atoms with E-state index in [1.165, 1.54) is 11.0 Å². The van der Waals surface area contributed by atoms with Crippen LogP contribution in [0.2, 0.25) is 0 Å². The number of aromatic nitrogens is 1. The molecule has 3 heterocycles. The van der Waals surface area contributed by atoms with Gasteiger partial charge < -0.3 is 24.1 Å².